The number of hydrogen-bond donors (Lipinski definition) is 2. The molecule has 1 saturated heterocycles. The normalized spacial score (nSPS) is 15.1. The first kappa shape index (κ1) is 22.4. The fourth-order valence-corrected chi connectivity index (χ4v) is 4.89. The van der Waals surface area contributed by atoms with E-state index in [1.807, 2.05) is 0 Å². The van der Waals surface area contributed by atoms with Crippen LogP contribution in [0.5, 0.6) is 0 Å². The summed E-state index contributed by atoms with van der Waals surface area (Å²) in [7, 11) is -3.48. The Hall–Kier alpha value is -2.26. The molecule has 0 spiro atoms. The molecule has 1 aliphatic rings. The third-order valence-electron chi connectivity index (χ3n) is 4.60. The zero-order valence-electron chi connectivity index (χ0n) is 16.2. The number of carbonyl (C=O) groups is 1. The molecule has 0 bridgehead atoms. The summed E-state index contributed by atoms with van der Waals surface area (Å²) in [5, 5.41) is 6.16. The summed E-state index contributed by atoms with van der Waals surface area (Å²) in [5.41, 5.74) is 1.42. The highest BCUT2D eigenvalue weighted by Crippen LogP contribution is 2.22. The molecule has 1 fully saturated rings. The van der Waals surface area contributed by atoms with Crippen molar-refractivity contribution in [3.8, 4) is 0 Å². The van der Waals surface area contributed by atoms with Crippen LogP contribution in [0.2, 0.25) is 5.02 Å². The van der Waals surface area contributed by atoms with Gasteiger partial charge in [0, 0.05) is 29.9 Å². The van der Waals surface area contributed by atoms with E-state index in [2.05, 4.69) is 10.6 Å². The molecule has 0 aliphatic carbocycles. The Kier molecular flexibility index (Phi) is 7.60. The summed E-state index contributed by atoms with van der Waals surface area (Å²) in [6.45, 7) is 1.12. The molecule has 2 aromatic carbocycles. The fourth-order valence-electron chi connectivity index (χ4n) is 3.03. The molecule has 0 atom stereocenters. The highest BCUT2D eigenvalue weighted by atomic mass is 35.5. The van der Waals surface area contributed by atoms with E-state index in [0.29, 0.717) is 23.8 Å². The molecule has 1 heterocycles. The summed E-state index contributed by atoms with van der Waals surface area (Å²) in [5.74, 6) is -0.383. The van der Waals surface area contributed by atoms with Gasteiger partial charge in [-0.3, -0.25) is 10.1 Å². The van der Waals surface area contributed by atoms with Crippen LogP contribution in [0, 0.1) is 0 Å². The first-order chi connectivity index (χ1) is 14.3. The Balaban J connectivity index is 1.55. The van der Waals surface area contributed by atoms with Gasteiger partial charge in [0.15, 0.2) is 5.11 Å². The maximum atomic E-state index is 12.7. The number of nitrogens with one attached hydrogen (secondary N) is 2. The Bertz CT molecular complexity index is 1030. The van der Waals surface area contributed by atoms with Crippen molar-refractivity contribution in [3.63, 3.8) is 0 Å². The van der Waals surface area contributed by atoms with Crippen LogP contribution >= 0.6 is 23.8 Å². The van der Waals surface area contributed by atoms with Gasteiger partial charge in [-0.25, -0.2) is 8.42 Å². The topological polar surface area (TPSA) is 78.5 Å². The van der Waals surface area contributed by atoms with Gasteiger partial charge in [-0.15, -0.1) is 0 Å². The molecule has 6 nitrogen and oxygen atoms in total. The molecule has 0 unspecified atom stereocenters. The molecule has 2 aromatic rings. The lowest BCUT2D eigenvalue weighted by Crippen LogP contribution is -2.35. The minimum atomic E-state index is -3.48. The number of rotatable bonds is 5. The van der Waals surface area contributed by atoms with Crippen molar-refractivity contribution in [2.24, 2.45) is 0 Å². The van der Waals surface area contributed by atoms with Crippen molar-refractivity contribution < 1.29 is 13.2 Å². The SMILES string of the molecule is O=C(/C=C/c1ccc(Cl)cc1)NC(=S)Nc1ccc(S(=O)(=O)N2CCCCC2)cc1. The Morgan fingerprint density at radius 2 is 1.63 bits per heavy atom. The Morgan fingerprint density at radius 1 is 1.00 bits per heavy atom. The van der Waals surface area contributed by atoms with Crippen molar-refractivity contribution in [2.75, 3.05) is 18.4 Å². The molecule has 1 aliphatic heterocycles. The summed E-state index contributed by atoms with van der Waals surface area (Å²) in [6, 6.07) is 13.4. The highest BCUT2D eigenvalue weighted by Gasteiger charge is 2.25. The minimum Gasteiger partial charge on any atom is -0.332 e. The van der Waals surface area contributed by atoms with E-state index >= 15 is 0 Å². The Labute approximate surface area is 187 Å². The number of hydrogen-bond acceptors (Lipinski definition) is 4. The van der Waals surface area contributed by atoms with Gasteiger partial charge in [0.05, 0.1) is 4.90 Å². The quantitative estimate of drug-likeness (QED) is 0.516. The standard InChI is InChI=1S/C21H22ClN3O3S2/c22-17-7-4-16(5-8-17)6-13-20(26)24-21(29)23-18-9-11-19(12-10-18)30(27,28)25-14-2-1-3-15-25/h4-13H,1-3,14-15H2,(H2,23,24,26,29)/b13-6+. The van der Waals surface area contributed by atoms with Gasteiger partial charge in [-0.1, -0.05) is 30.2 Å². The summed E-state index contributed by atoms with van der Waals surface area (Å²) in [4.78, 5) is 12.3. The van der Waals surface area contributed by atoms with Crippen molar-refractivity contribution in [3.05, 3.63) is 65.2 Å². The van der Waals surface area contributed by atoms with Gasteiger partial charge in [0.25, 0.3) is 0 Å². The number of benzene rings is 2. The van der Waals surface area contributed by atoms with E-state index in [4.69, 9.17) is 23.8 Å². The molecule has 0 aromatic heterocycles. The number of anilines is 1. The van der Waals surface area contributed by atoms with E-state index in [9.17, 15) is 13.2 Å². The molecule has 0 radical (unpaired) electrons. The van der Waals surface area contributed by atoms with Crippen molar-refractivity contribution in [2.45, 2.75) is 24.2 Å². The summed E-state index contributed by atoms with van der Waals surface area (Å²) in [6.07, 6.45) is 5.85. The third kappa shape index (κ3) is 6.12. The van der Waals surface area contributed by atoms with Gasteiger partial charge in [-0.2, -0.15) is 4.31 Å². The molecule has 158 valence electrons. The zero-order valence-corrected chi connectivity index (χ0v) is 18.6. The molecular weight excluding hydrogens is 442 g/mol. The molecular formula is C21H22ClN3O3S2. The van der Waals surface area contributed by atoms with Crippen LogP contribution in [0.4, 0.5) is 5.69 Å². The number of amides is 1. The van der Waals surface area contributed by atoms with Crippen LogP contribution in [0.1, 0.15) is 24.8 Å². The lowest BCUT2D eigenvalue weighted by Gasteiger charge is -2.25. The maximum absolute atomic E-state index is 12.7. The average Bonchev–Trinajstić information content (AvgIpc) is 2.74. The molecule has 1 amide bonds. The van der Waals surface area contributed by atoms with Crippen LogP contribution in [-0.2, 0) is 14.8 Å². The zero-order chi connectivity index (χ0) is 21.6. The molecule has 2 N–H and O–H groups in total. The summed E-state index contributed by atoms with van der Waals surface area (Å²) < 4.78 is 26.9. The first-order valence-electron chi connectivity index (χ1n) is 9.50. The average molecular weight is 464 g/mol. The number of carbonyl (C=O) groups excluding carboxylic acids is 1. The van der Waals surface area contributed by atoms with E-state index in [1.165, 1.54) is 22.5 Å². The van der Waals surface area contributed by atoms with E-state index in [0.717, 1.165) is 24.8 Å². The van der Waals surface area contributed by atoms with E-state index in [1.54, 1.807) is 42.5 Å². The van der Waals surface area contributed by atoms with Gasteiger partial charge < -0.3 is 5.32 Å². The highest BCUT2D eigenvalue weighted by molar-refractivity contribution is 7.89. The van der Waals surface area contributed by atoms with Gasteiger partial charge >= 0.3 is 0 Å². The summed E-state index contributed by atoms with van der Waals surface area (Å²) >= 11 is 11.0. The third-order valence-corrected chi connectivity index (χ3v) is 6.97. The van der Waals surface area contributed by atoms with Crippen LogP contribution in [-0.4, -0.2) is 36.8 Å². The Morgan fingerprint density at radius 3 is 2.27 bits per heavy atom. The van der Waals surface area contributed by atoms with Crippen LogP contribution in [0.3, 0.4) is 0 Å². The number of halogens is 1. The predicted octanol–water partition coefficient (Wildman–Crippen LogP) is 4.04. The number of sulfonamides is 1. The number of piperidine rings is 1. The second kappa shape index (κ2) is 10.2. The number of thiocarbonyl (C=S) groups is 1. The fraction of sp³-hybridized carbons (Fsp3) is 0.238. The van der Waals surface area contributed by atoms with Crippen molar-refractivity contribution in [1.82, 2.24) is 9.62 Å². The van der Waals surface area contributed by atoms with Gasteiger partial charge in [0.1, 0.15) is 0 Å². The first-order valence-corrected chi connectivity index (χ1v) is 11.7. The minimum absolute atomic E-state index is 0.118. The molecule has 0 saturated carbocycles. The monoisotopic (exact) mass is 463 g/mol. The smallest absolute Gasteiger partial charge is 0.250 e. The number of nitrogens with zero attached hydrogens (tertiary/aromatic N) is 1. The second-order valence-corrected chi connectivity index (χ2v) is 9.60. The van der Waals surface area contributed by atoms with Crippen LogP contribution in [0.25, 0.3) is 6.08 Å². The van der Waals surface area contributed by atoms with Crippen LogP contribution < -0.4 is 10.6 Å². The molecule has 9 heteroatoms. The maximum Gasteiger partial charge on any atom is 0.250 e. The van der Waals surface area contributed by atoms with Crippen molar-refractivity contribution in [1.29, 1.82) is 0 Å². The van der Waals surface area contributed by atoms with Crippen LogP contribution in [0.15, 0.2) is 59.5 Å². The second-order valence-electron chi connectivity index (χ2n) is 6.82. The lowest BCUT2D eigenvalue weighted by molar-refractivity contribution is -0.115. The van der Waals surface area contributed by atoms with Gasteiger partial charge in [0.2, 0.25) is 15.9 Å². The molecule has 30 heavy (non-hydrogen) atoms. The lowest BCUT2D eigenvalue weighted by atomic mass is 10.2. The van der Waals surface area contributed by atoms with E-state index in [-0.39, 0.29) is 15.9 Å². The van der Waals surface area contributed by atoms with Crippen molar-refractivity contribution >= 4 is 56.6 Å². The molecule has 3 rings (SSSR count). The van der Waals surface area contributed by atoms with E-state index < -0.39 is 10.0 Å². The predicted molar refractivity (Wildman–Crippen MR) is 124 cm³/mol. The van der Waals surface area contributed by atoms with Gasteiger partial charge in [-0.05, 0) is 73.1 Å². The largest absolute Gasteiger partial charge is 0.332 e.